The van der Waals surface area contributed by atoms with Gasteiger partial charge < -0.3 is 14.7 Å². The summed E-state index contributed by atoms with van der Waals surface area (Å²) in [5.41, 5.74) is 0.901. The third-order valence-corrected chi connectivity index (χ3v) is 3.89. The highest BCUT2D eigenvalue weighted by Crippen LogP contribution is 2.23. The van der Waals surface area contributed by atoms with Crippen LogP contribution >= 0.6 is 0 Å². The Balaban J connectivity index is 1.82. The monoisotopic (exact) mass is 309 g/mol. The number of carboxylic acid groups (broad SMARTS) is 1. The van der Waals surface area contributed by atoms with Crippen molar-refractivity contribution < 1.29 is 23.8 Å². The molecular formula is C16H20FNO4. The van der Waals surface area contributed by atoms with Gasteiger partial charge in [-0.2, -0.15) is 0 Å². The Morgan fingerprint density at radius 1 is 1.27 bits per heavy atom. The molecule has 0 spiro atoms. The number of aliphatic carboxylic acids is 1. The van der Waals surface area contributed by atoms with Crippen LogP contribution in [0, 0.1) is 5.92 Å². The molecule has 0 saturated carbocycles. The Kier molecular flexibility index (Phi) is 5.75. The highest BCUT2D eigenvalue weighted by molar-refractivity contribution is 5.72. The zero-order chi connectivity index (χ0) is 15.9. The molecule has 0 aromatic heterocycles. The van der Waals surface area contributed by atoms with E-state index < -0.39 is 24.2 Å². The summed E-state index contributed by atoms with van der Waals surface area (Å²) in [6, 6.07) is 9.36. The van der Waals surface area contributed by atoms with Gasteiger partial charge in [0.25, 0.3) is 0 Å². The number of hydrogen-bond acceptors (Lipinski definition) is 3. The third-order valence-electron chi connectivity index (χ3n) is 3.89. The number of alkyl halides is 1. The van der Waals surface area contributed by atoms with E-state index in [4.69, 9.17) is 9.84 Å². The minimum atomic E-state index is -1.86. The molecule has 1 aliphatic rings. The van der Waals surface area contributed by atoms with Crippen molar-refractivity contribution in [1.29, 1.82) is 0 Å². The van der Waals surface area contributed by atoms with Gasteiger partial charge in [-0.05, 0) is 24.8 Å². The number of hydrogen-bond donors (Lipinski definition) is 1. The largest absolute Gasteiger partial charge is 0.479 e. The van der Waals surface area contributed by atoms with Crippen molar-refractivity contribution in [3.8, 4) is 0 Å². The van der Waals surface area contributed by atoms with Gasteiger partial charge in [-0.25, -0.2) is 14.0 Å². The van der Waals surface area contributed by atoms with E-state index in [1.807, 2.05) is 30.3 Å². The molecule has 1 amide bonds. The minimum absolute atomic E-state index is 0.195. The predicted molar refractivity (Wildman–Crippen MR) is 78.1 cm³/mol. The van der Waals surface area contributed by atoms with Gasteiger partial charge in [-0.1, -0.05) is 30.3 Å². The first kappa shape index (κ1) is 16.3. The van der Waals surface area contributed by atoms with Crippen LogP contribution in [-0.2, 0) is 16.1 Å². The Hall–Kier alpha value is -2.11. The number of nitrogens with zero attached hydrogens (tertiary/aromatic N) is 1. The Bertz CT molecular complexity index is 508. The topological polar surface area (TPSA) is 66.8 Å². The van der Waals surface area contributed by atoms with Gasteiger partial charge in [0, 0.05) is 19.0 Å². The van der Waals surface area contributed by atoms with E-state index in [2.05, 4.69) is 0 Å². The van der Waals surface area contributed by atoms with Crippen LogP contribution in [0.2, 0.25) is 0 Å². The predicted octanol–water partition coefficient (Wildman–Crippen LogP) is 2.85. The summed E-state index contributed by atoms with van der Waals surface area (Å²) in [5, 5.41) is 8.73. The second-order valence-corrected chi connectivity index (χ2v) is 5.46. The lowest BCUT2D eigenvalue weighted by molar-refractivity contribution is -0.145. The second kappa shape index (κ2) is 7.77. The van der Waals surface area contributed by atoms with Crippen LogP contribution in [0.4, 0.5) is 9.18 Å². The first-order chi connectivity index (χ1) is 10.6. The molecule has 0 bridgehead atoms. The number of halogens is 1. The fourth-order valence-electron chi connectivity index (χ4n) is 2.61. The third kappa shape index (κ3) is 4.44. The normalized spacial score (nSPS) is 20.0. The lowest BCUT2D eigenvalue weighted by atomic mass is 9.95. The van der Waals surface area contributed by atoms with Crippen molar-refractivity contribution in [1.82, 2.24) is 4.90 Å². The molecule has 1 fully saturated rings. The zero-order valence-electron chi connectivity index (χ0n) is 12.3. The fourth-order valence-corrected chi connectivity index (χ4v) is 2.61. The van der Waals surface area contributed by atoms with Gasteiger partial charge in [0.2, 0.25) is 0 Å². The van der Waals surface area contributed by atoms with E-state index in [1.54, 1.807) is 0 Å². The van der Waals surface area contributed by atoms with Crippen molar-refractivity contribution in [2.45, 2.75) is 32.0 Å². The molecular weight excluding hydrogens is 289 g/mol. The average Bonchev–Trinajstić information content (AvgIpc) is 2.78. The van der Waals surface area contributed by atoms with Crippen LogP contribution < -0.4 is 0 Å². The van der Waals surface area contributed by atoms with Crippen molar-refractivity contribution in [3.05, 3.63) is 35.9 Å². The summed E-state index contributed by atoms with van der Waals surface area (Å²) >= 11 is 0. The average molecular weight is 309 g/mol. The summed E-state index contributed by atoms with van der Waals surface area (Å²) < 4.78 is 18.8. The van der Waals surface area contributed by atoms with Crippen molar-refractivity contribution in [3.63, 3.8) is 0 Å². The fraction of sp³-hybridized carbons (Fsp3) is 0.500. The lowest BCUT2D eigenvalue weighted by Crippen LogP contribution is -2.33. The maximum Gasteiger partial charge on any atom is 0.410 e. The standard InChI is InChI=1S/C16H20FNO4/c17-14(15(19)20)13-7-4-9-18(10-8-13)16(21)22-11-12-5-2-1-3-6-12/h1-3,5-6,13-14H,4,7-11H2,(H,19,20). The summed E-state index contributed by atoms with van der Waals surface area (Å²) in [5.74, 6) is -1.96. The van der Waals surface area contributed by atoms with Gasteiger partial charge in [-0.15, -0.1) is 0 Å². The lowest BCUT2D eigenvalue weighted by Gasteiger charge is -2.20. The molecule has 0 aliphatic carbocycles. The summed E-state index contributed by atoms with van der Waals surface area (Å²) in [6.45, 7) is 0.989. The highest BCUT2D eigenvalue weighted by Gasteiger charge is 2.31. The van der Waals surface area contributed by atoms with E-state index in [1.165, 1.54) is 4.90 Å². The van der Waals surface area contributed by atoms with Crippen molar-refractivity contribution in [2.24, 2.45) is 5.92 Å². The van der Waals surface area contributed by atoms with Crippen molar-refractivity contribution >= 4 is 12.1 Å². The SMILES string of the molecule is O=C(O)C(F)C1CCCN(C(=O)OCc2ccccc2)CC1. The maximum absolute atomic E-state index is 13.6. The zero-order valence-corrected chi connectivity index (χ0v) is 12.3. The molecule has 1 heterocycles. The van der Waals surface area contributed by atoms with Crippen LogP contribution in [0.1, 0.15) is 24.8 Å². The molecule has 120 valence electrons. The molecule has 5 nitrogen and oxygen atoms in total. The van der Waals surface area contributed by atoms with Gasteiger partial charge in [0.1, 0.15) is 6.61 Å². The number of benzene rings is 1. The van der Waals surface area contributed by atoms with Gasteiger partial charge >= 0.3 is 12.1 Å². The smallest absolute Gasteiger partial charge is 0.410 e. The second-order valence-electron chi connectivity index (χ2n) is 5.46. The molecule has 2 atom stereocenters. The molecule has 0 radical (unpaired) electrons. The van der Waals surface area contributed by atoms with Crippen LogP contribution in [0.25, 0.3) is 0 Å². The number of carbonyl (C=O) groups excluding carboxylic acids is 1. The van der Waals surface area contributed by atoms with Crippen molar-refractivity contribution in [2.75, 3.05) is 13.1 Å². The molecule has 6 heteroatoms. The summed E-state index contributed by atoms with van der Waals surface area (Å²) in [7, 11) is 0. The first-order valence-corrected chi connectivity index (χ1v) is 7.40. The molecule has 1 saturated heterocycles. The van der Waals surface area contributed by atoms with Gasteiger partial charge in [0.15, 0.2) is 6.17 Å². The number of carbonyl (C=O) groups is 2. The van der Waals surface area contributed by atoms with E-state index in [-0.39, 0.29) is 6.61 Å². The van der Waals surface area contributed by atoms with Crippen LogP contribution in [-0.4, -0.2) is 41.3 Å². The quantitative estimate of drug-likeness (QED) is 0.928. The molecule has 1 aromatic carbocycles. The Morgan fingerprint density at radius 3 is 2.68 bits per heavy atom. The van der Waals surface area contributed by atoms with Gasteiger partial charge in [0.05, 0.1) is 0 Å². The van der Waals surface area contributed by atoms with Crippen LogP contribution in [0.3, 0.4) is 0 Å². The summed E-state index contributed by atoms with van der Waals surface area (Å²) in [6.07, 6.45) is -0.904. The number of carboxylic acids is 1. The van der Waals surface area contributed by atoms with Gasteiger partial charge in [-0.3, -0.25) is 0 Å². The molecule has 2 unspecified atom stereocenters. The van der Waals surface area contributed by atoms with E-state index in [9.17, 15) is 14.0 Å². The molecule has 2 rings (SSSR count). The Labute approximate surface area is 128 Å². The van der Waals surface area contributed by atoms with E-state index in [0.717, 1.165) is 5.56 Å². The maximum atomic E-state index is 13.6. The molecule has 1 aliphatic heterocycles. The number of likely N-dealkylation sites (tertiary alicyclic amines) is 1. The number of ether oxygens (including phenoxy) is 1. The Morgan fingerprint density at radius 2 is 2.00 bits per heavy atom. The highest BCUT2D eigenvalue weighted by atomic mass is 19.1. The molecule has 1 N–H and O–H groups in total. The minimum Gasteiger partial charge on any atom is -0.479 e. The van der Waals surface area contributed by atoms with E-state index >= 15 is 0 Å². The number of amides is 1. The van der Waals surface area contributed by atoms with E-state index in [0.29, 0.717) is 32.4 Å². The molecule has 22 heavy (non-hydrogen) atoms. The molecule has 1 aromatic rings. The van der Waals surface area contributed by atoms with Crippen LogP contribution in [0.15, 0.2) is 30.3 Å². The number of rotatable bonds is 4. The first-order valence-electron chi connectivity index (χ1n) is 7.40. The summed E-state index contributed by atoms with van der Waals surface area (Å²) in [4.78, 5) is 24.3. The van der Waals surface area contributed by atoms with Crippen LogP contribution in [0.5, 0.6) is 0 Å².